The first-order chi connectivity index (χ1) is 13.5. The highest BCUT2D eigenvalue weighted by atomic mass is 79.9. The van der Waals surface area contributed by atoms with Crippen LogP contribution >= 0.6 is 15.9 Å². The molecule has 0 atom stereocenters. The smallest absolute Gasteiger partial charge is 0.310 e. The zero-order valence-corrected chi connectivity index (χ0v) is 16.3. The maximum atomic E-state index is 12.1. The predicted molar refractivity (Wildman–Crippen MR) is 103 cm³/mol. The summed E-state index contributed by atoms with van der Waals surface area (Å²) in [6, 6.07) is 9.21. The van der Waals surface area contributed by atoms with Crippen molar-refractivity contribution in [2.45, 2.75) is 19.6 Å². The van der Waals surface area contributed by atoms with E-state index in [1.54, 1.807) is 29.1 Å². The summed E-state index contributed by atoms with van der Waals surface area (Å²) in [4.78, 5) is 22.6. The Morgan fingerprint density at radius 2 is 2.14 bits per heavy atom. The van der Waals surface area contributed by atoms with Gasteiger partial charge in [0.15, 0.2) is 11.5 Å². The molecule has 0 bridgehead atoms. The van der Waals surface area contributed by atoms with Gasteiger partial charge >= 0.3 is 5.69 Å². The van der Waals surface area contributed by atoms with Gasteiger partial charge in [0.2, 0.25) is 0 Å². The van der Waals surface area contributed by atoms with Crippen LogP contribution in [0.3, 0.4) is 0 Å². The summed E-state index contributed by atoms with van der Waals surface area (Å²) >= 11 is 3.33. The van der Waals surface area contributed by atoms with E-state index < -0.39 is 4.92 Å². The van der Waals surface area contributed by atoms with Gasteiger partial charge in [-0.15, -0.1) is 0 Å². The number of rotatable bonds is 9. The lowest BCUT2D eigenvalue weighted by molar-refractivity contribution is -0.386. The Bertz CT molecular complexity index is 968. The van der Waals surface area contributed by atoms with Crippen LogP contribution in [-0.4, -0.2) is 27.2 Å². The average Bonchev–Trinajstić information content (AvgIpc) is 3.32. The number of nitrogens with zero attached hydrogens (tertiary/aromatic N) is 3. The lowest BCUT2D eigenvalue weighted by atomic mass is 10.3. The number of carbonyl (C=O) groups excluding carboxylic acids is 1. The summed E-state index contributed by atoms with van der Waals surface area (Å²) in [6.07, 6.45) is 4.28. The number of para-hydroxylation sites is 2. The third-order valence-electron chi connectivity index (χ3n) is 3.77. The molecule has 28 heavy (non-hydrogen) atoms. The molecule has 0 saturated carbocycles. The number of carbonyl (C=O) groups is 1. The molecule has 3 aromatic rings. The molecule has 0 aliphatic rings. The Labute approximate surface area is 168 Å². The van der Waals surface area contributed by atoms with Crippen molar-refractivity contribution in [2.75, 3.05) is 6.54 Å². The van der Waals surface area contributed by atoms with E-state index in [1.165, 1.54) is 18.2 Å². The van der Waals surface area contributed by atoms with E-state index in [2.05, 4.69) is 26.3 Å². The Hall–Kier alpha value is -3.14. The van der Waals surface area contributed by atoms with Crippen molar-refractivity contribution < 1.29 is 18.9 Å². The van der Waals surface area contributed by atoms with Crippen molar-refractivity contribution >= 4 is 27.5 Å². The van der Waals surface area contributed by atoms with Crippen molar-refractivity contribution in [3.05, 3.63) is 74.9 Å². The highest BCUT2D eigenvalue weighted by Gasteiger charge is 2.15. The maximum Gasteiger partial charge on any atom is 0.310 e. The third kappa shape index (κ3) is 5.19. The number of aryl methyl sites for hydroxylation is 1. The number of nitro groups is 1. The normalized spacial score (nSPS) is 10.6. The molecule has 1 amide bonds. The molecular formula is C18H17BrN4O5. The average molecular weight is 449 g/mol. The van der Waals surface area contributed by atoms with Crippen LogP contribution in [-0.2, 0) is 13.2 Å². The number of hydrogen-bond donors (Lipinski definition) is 1. The van der Waals surface area contributed by atoms with Crippen molar-refractivity contribution in [1.29, 1.82) is 0 Å². The second kappa shape index (κ2) is 9.18. The summed E-state index contributed by atoms with van der Waals surface area (Å²) < 4.78 is 13.6. The number of amides is 1. The number of nitro benzene ring substituents is 1. The molecule has 2 aromatic heterocycles. The van der Waals surface area contributed by atoms with Crippen LogP contribution in [0, 0.1) is 10.1 Å². The minimum atomic E-state index is -0.516. The van der Waals surface area contributed by atoms with E-state index in [4.69, 9.17) is 9.15 Å². The largest absolute Gasteiger partial charge is 0.479 e. The molecule has 0 saturated heterocycles. The molecule has 0 radical (unpaired) electrons. The second-order valence-corrected chi connectivity index (χ2v) is 6.73. The van der Waals surface area contributed by atoms with Crippen LogP contribution in [0.25, 0.3) is 0 Å². The molecule has 9 nitrogen and oxygen atoms in total. The molecule has 0 unspecified atom stereocenters. The van der Waals surface area contributed by atoms with Crippen LogP contribution in [0.15, 0.2) is 57.7 Å². The first-order valence-corrected chi connectivity index (χ1v) is 9.23. The quantitative estimate of drug-likeness (QED) is 0.304. The van der Waals surface area contributed by atoms with Gasteiger partial charge in [-0.2, -0.15) is 5.10 Å². The van der Waals surface area contributed by atoms with Gasteiger partial charge in [-0.1, -0.05) is 12.1 Å². The lowest BCUT2D eigenvalue weighted by Crippen LogP contribution is -2.24. The van der Waals surface area contributed by atoms with Gasteiger partial charge in [-0.25, -0.2) is 0 Å². The summed E-state index contributed by atoms with van der Waals surface area (Å²) in [6.45, 7) is 1.13. The standard InChI is InChI=1S/C18H17BrN4O5/c19-13-10-21-22(11-13)9-3-8-20-18(24)17-7-6-14(28-17)12-27-16-5-2-1-4-15(16)23(25)26/h1-2,4-7,10-11H,3,8-9,12H2,(H,20,24). The van der Waals surface area contributed by atoms with Crippen LogP contribution < -0.4 is 10.1 Å². The van der Waals surface area contributed by atoms with Crippen LogP contribution in [0.5, 0.6) is 5.75 Å². The molecule has 1 aromatic carbocycles. The van der Waals surface area contributed by atoms with Gasteiger partial charge in [0, 0.05) is 25.4 Å². The van der Waals surface area contributed by atoms with Crippen molar-refractivity contribution in [2.24, 2.45) is 0 Å². The number of hydrogen-bond acceptors (Lipinski definition) is 6. The second-order valence-electron chi connectivity index (χ2n) is 5.81. The zero-order chi connectivity index (χ0) is 19.9. The van der Waals surface area contributed by atoms with Gasteiger partial charge in [0.25, 0.3) is 5.91 Å². The van der Waals surface area contributed by atoms with Crippen LogP contribution in [0.4, 0.5) is 5.69 Å². The van der Waals surface area contributed by atoms with Crippen LogP contribution in [0.1, 0.15) is 22.7 Å². The van der Waals surface area contributed by atoms with Crippen LogP contribution in [0.2, 0.25) is 0 Å². The number of halogens is 1. The monoisotopic (exact) mass is 448 g/mol. The van der Waals surface area contributed by atoms with Gasteiger partial charge in [0.1, 0.15) is 12.4 Å². The summed E-state index contributed by atoms with van der Waals surface area (Å²) in [5.74, 6) is 0.353. The molecule has 1 N–H and O–H groups in total. The number of nitrogens with one attached hydrogen (secondary N) is 1. The third-order valence-corrected chi connectivity index (χ3v) is 4.18. The van der Waals surface area contributed by atoms with Crippen molar-refractivity contribution in [3.63, 3.8) is 0 Å². The minimum absolute atomic E-state index is 0.0215. The van der Waals surface area contributed by atoms with Crippen molar-refractivity contribution in [3.8, 4) is 5.75 Å². The van der Waals surface area contributed by atoms with Gasteiger partial charge < -0.3 is 14.5 Å². The van der Waals surface area contributed by atoms with E-state index in [0.29, 0.717) is 25.3 Å². The fourth-order valence-electron chi connectivity index (χ4n) is 2.45. The number of furan rings is 1. The Balaban J connectivity index is 1.47. The van der Waals surface area contributed by atoms with E-state index >= 15 is 0 Å². The molecule has 0 aliphatic heterocycles. The Kier molecular flexibility index (Phi) is 6.43. The molecule has 10 heteroatoms. The molecule has 0 aliphatic carbocycles. The highest BCUT2D eigenvalue weighted by Crippen LogP contribution is 2.26. The van der Waals surface area contributed by atoms with E-state index in [1.807, 2.05) is 6.20 Å². The fraction of sp³-hybridized carbons (Fsp3) is 0.222. The van der Waals surface area contributed by atoms with Gasteiger partial charge in [-0.05, 0) is 40.5 Å². The maximum absolute atomic E-state index is 12.1. The zero-order valence-electron chi connectivity index (χ0n) is 14.7. The SMILES string of the molecule is O=C(NCCCn1cc(Br)cn1)c1ccc(COc2ccccc2[N+](=O)[O-])o1. The van der Waals surface area contributed by atoms with Gasteiger partial charge in [0.05, 0.1) is 15.6 Å². The first-order valence-electron chi connectivity index (χ1n) is 8.44. The number of ether oxygens (including phenoxy) is 1. The summed E-state index contributed by atoms with van der Waals surface area (Å²) in [7, 11) is 0. The van der Waals surface area contributed by atoms with E-state index in [-0.39, 0.29) is 29.7 Å². The highest BCUT2D eigenvalue weighted by molar-refractivity contribution is 9.10. The summed E-state index contributed by atoms with van der Waals surface area (Å²) in [5, 5.41) is 17.9. The van der Waals surface area contributed by atoms with E-state index in [0.717, 1.165) is 4.47 Å². The molecule has 3 rings (SSSR count). The lowest BCUT2D eigenvalue weighted by Gasteiger charge is -2.05. The van der Waals surface area contributed by atoms with Gasteiger partial charge in [-0.3, -0.25) is 19.6 Å². The molecule has 146 valence electrons. The molecule has 0 fully saturated rings. The predicted octanol–water partition coefficient (Wildman–Crippen LogP) is 3.55. The first kappa shape index (κ1) is 19.6. The summed E-state index contributed by atoms with van der Waals surface area (Å²) in [5.41, 5.74) is -0.128. The number of benzene rings is 1. The fourth-order valence-corrected chi connectivity index (χ4v) is 2.78. The molecule has 0 spiro atoms. The Morgan fingerprint density at radius 3 is 2.89 bits per heavy atom. The Morgan fingerprint density at radius 1 is 1.32 bits per heavy atom. The topological polar surface area (TPSA) is 112 Å². The van der Waals surface area contributed by atoms with E-state index in [9.17, 15) is 14.9 Å². The van der Waals surface area contributed by atoms with Crippen molar-refractivity contribution in [1.82, 2.24) is 15.1 Å². The molecular weight excluding hydrogens is 432 g/mol. The minimum Gasteiger partial charge on any atom is -0.479 e. The number of aromatic nitrogens is 2. The molecule has 2 heterocycles.